The van der Waals surface area contributed by atoms with Crippen LogP contribution < -0.4 is 10.5 Å². The smallest absolute Gasteiger partial charge is 0.340 e. The van der Waals surface area contributed by atoms with Crippen LogP contribution in [0.15, 0.2) is 47.4 Å². The predicted octanol–water partition coefficient (Wildman–Crippen LogP) is 3.36. The number of carbonyl (C=O) groups excluding carboxylic acids is 1. The van der Waals surface area contributed by atoms with Gasteiger partial charge in [-0.2, -0.15) is 0 Å². The zero-order chi connectivity index (χ0) is 15.2. The quantitative estimate of drug-likeness (QED) is 0.521. The number of anilines is 1. The lowest BCUT2D eigenvalue weighted by atomic mass is 10.1. The van der Waals surface area contributed by atoms with E-state index in [0.717, 1.165) is 16.2 Å². The van der Waals surface area contributed by atoms with E-state index in [9.17, 15) is 4.79 Å². The molecule has 2 rings (SSSR count). The molecule has 0 aliphatic carbocycles. The highest BCUT2D eigenvalue weighted by Gasteiger charge is 2.15. The molecule has 2 N–H and O–H groups in total. The second-order valence-electron chi connectivity index (χ2n) is 4.34. The maximum absolute atomic E-state index is 11.8. The Labute approximate surface area is 128 Å². The second kappa shape index (κ2) is 7.04. The number of ether oxygens (including phenoxy) is 2. The molecule has 21 heavy (non-hydrogen) atoms. The monoisotopic (exact) mass is 303 g/mol. The third-order valence-electron chi connectivity index (χ3n) is 3.01. The van der Waals surface area contributed by atoms with Gasteiger partial charge in [-0.25, -0.2) is 4.79 Å². The van der Waals surface area contributed by atoms with Crippen molar-refractivity contribution in [2.75, 3.05) is 20.0 Å². The summed E-state index contributed by atoms with van der Waals surface area (Å²) in [5.74, 6) is 1.03. The van der Waals surface area contributed by atoms with Gasteiger partial charge in [0.1, 0.15) is 5.75 Å². The van der Waals surface area contributed by atoms with E-state index in [0.29, 0.717) is 17.0 Å². The molecule has 0 aromatic heterocycles. The Morgan fingerprint density at radius 3 is 2.67 bits per heavy atom. The predicted molar refractivity (Wildman–Crippen MR) is 84.7 cm³/mol. The molecule has 0 saturated heterocycles. The van der Waals surface area contributed by atoms with Gasteiger partial charge in [0, 0.05) is 16.3 Å². The summed E-state index contributed by atoms with van der Waals surface area (Å²) in [6.07, 6.45) is 0. The lowest BCUT2D eigenvalue weighted by molar-refractivity contribution is 0.0601. The Balaban J connectivity index is 2.20. The highest BCUT2D eigenvalue weighted by atomic mass is 32.2. The summed E-state index contributed by atoms with van der Waals surface area (Å²) in [6, 6.07) is 13.2. The van der Waals surface area contributed by atoms with Gasteiger partial charge in [-0.1, -0.05) is 18.2 Å². The van der Waals surface area contributed by atoms with Crippen LogP contribution in [0, 0.1) is 0 Å². The van der Waals surface area contributed by atoms with Gasteiger partial charge in [0.15, 0.2) is 0 Å². The molecule has 2 aromatic carbocycles. The van der Waals surface area contributed by atoms with E-state index in [-0.39, 0.29) is 0 Å². The number of esters is 1. The van der Waals surface area contributed by atoms with Gasteiger partial charge in [-0.3, -0.25) is 0 Å². The van der Waals surface area contributed by atoms with Crippen molar-refractivity contribution in [3.63, 3.8) is 0 Å². The van der Waals surface area contributed by atoms with E-state index in [4.69, 9.17) is 15.2 Å². The highest BCUT2D eigenvalue weighted by molar-refractivity contribution is 7.98. The van der Waals surface area contributed by atoms with Crippen molar-refractivity contribution < 1.29 is 14.3 Å². The highest BCUT2D eigenvalue weighted by Crippen LogP contribution is 2.29. The van der Waals surface area contributed by atoms with Crippen molar-refractivity contribution in [2.45, 2.75) is 10.6 Å². The average Bonchev–Trinajstić information content (AvgIpc) is 2.52. The summed E-state index contributed by atoms with van der Waals surface area (Å²) in [7, 11) is 2.99. The van der Waals surface area contributed by atoms with Crippen molar-refractivity contribution in [2.24, 2.45) is 0 Å². The Morgan fingerprint density at radius 2 is 1.95 bits per heavy atom. The fourth-order valence-corrected chi connectivity index (χ4v) is 2.88. The molecular weight excluding hydrogens is 286 g/mol. The molecule has 0 heterocycles. The molecule has 2 aromatic rings. The van der Waals surface area contributed by atoms with E-state index in [1.807, 2.05) is 36.4 Å². The SMILES string of the molecule is COC(=O)c1c(N)cccc1CSc1cccc(OC)c1. The van der Waals surface area contributed by atoms with Gasteiger partial charge in [-0.15, -0.1) is 11.8 Å². The molecule has 4 nitrogen and oxygen atoms in total. The molecule has 0 amide bonds. The summed E-state index contributed by atoms with van der Waals surface area (Å²) < 4.78 is 10.00. The Morgan fingerprint density at radius 1 is 1.19 bits per heavy atom. The van der Waals surface area contributed by atoms with Crippen LogP contribution in [0.5, 0.6) is 5.75 Å². The topological polar surface area (TPSA) is 61.5 Å². The minimum absolute atomic E-state index is 0.408. The fourth-order valence-electron chi connectivity index (χ4n) is 1.94. The number of hydrogen-bond donors (Lipinski definition) is 1. The van der Waals surface area contributed by atoms with Crippen LogP contribution in [0.4, 0.5) is 5.69 Å². The number of thioether (sulfide) groups is 1. The first-order chi connectivity index (χ1) is 10.2. The fraction of sp³-hybridized carbons (Fsp3) is 0.188. The minimum Gasteiger partial charge on any atom is -0.497 e. The summed E-state index contributed by atoms with van der Waals surface area (Å²) >= 11 is 1.61. The van der Waals surface area contributed by atoms with E-state index in [2.05, 4.69) is 0 Å². The van der Waals surface area contributed by atoms with Crippen molar-refractivity contribution in [3.8, 4) is 5.75 Å². The van der Waals surface area contributed by atoms with Gasteiger partial charge < -0.3 is 15.2 Å². The molecule has 0 bridgehead atoms. The van der Waals surface area contributed by atoms with Gasteiger partial charge in [0.25, 0.3) is 0 Å². The van der Waals surface area contributed by atoms with Crippen LogP contribution in [0.25, 0.3) is 0 Å². The number of benzene rings is 2. The molecule has 0 fully saturated rings. The number of hydrogen-bond acceptors (Lipinski definition) is 5. The molecular formula is C16H17NO3S. The number of rotatable bonds is 5. The van der Waals surface area contributed by atoms with Gasteiger partial charge >= 0.3 is 5.97 Å². The lowest BCUT2D eigenvalue weighted by Crippen LogP contribution is -2.09. The van der Waals surface area contributed by atoms with Crippen LogP contribution >= 0.6 is 11.8 Å². The lowest BCUT2D eigenvalue weighted by Gasteiger charge is -2.10. The van der Waals surface area contributed by atoms with Crippen LogP contribution in [0.2, 0.25) is 0 Å². The second-order valence-corrected chi connectivity index (χ2v) is 5.39. The average molecular weight is 303 g/mol. The van der Waals surface area contributed by atoms with Crippen molar-refractivity contribution in [1.82, 2.24) is 0 Å². The van der Waals surface area contributed by atoms with Crippen LogP contribution in [0.1, 0.15) is 15.9 Å². The Bertz CT molecular complexity index is 643. The molecule has 0 unspecified atom stereocenters. The molecule has 0 atom stereocenters. The van der Waals surface area contributed by atoms with E-state index in [1.54, 1.807) is 24.9 Å². The summed E-state index contributed by atoms with van der Waals surface area (Å²) in [5.41, 5.74) is 7.61. The molecule has 0 spiro atoms. The first-order valence-electron chi connectivity index (χ1n) is 6.38. The molecule has 0 aliphatic heterocycles. The summed E-state index contributed by atoms with van der Waals surface area (Å²) in [6.45, 7) is 0. The Hall–Kier alpha value is -2.14. The Kier molecular flexibility index (Phi) is 5.11. The number of nitrogens with two attached hydrogens (primary N) is 1. The van der Waals surface area contributed by atoms with Crippen LogP contribution in [0.3, 0.4) is 0 Å². The van der Waals surface area contributed by atoms with Gasteiger partial charge in [-0.05, 0) is 29.8 Å². The van der Waals surface area contributed by atoms with Crippen LogP contribution in [-0.4, -0.2) is 20.2 Å². The molecule has 110 valence electrons. The summed E-state index contributed by atoms with van der Waals surface area (Å²) in [5, 5.41) is 0. The zero-order valence-electron chi connectivity index (χ0n) is 12.0. The molecule has 5 heteroatoms. The van der Waals surface area contributed by atoms with E-state index >= 15 is 0 Å². The van der Waals surface area contributed by atoms with E-state index in [1.165, 1.54) is 7.11 Å². The van der Waals surface area contributed by atoms with Crippen molar-refractivity contribution in [1.29, 1.82) is 0 Å². The maximum atomic E-state index is 11.8. The van der Waals surface area contributed by atoms with Gasteiger partial charge in [0.2, 0.25) is 0 Å². The zero-order valence-corrected chi connectivity index (χ0v) is 12.8. The summed E-state index contributed by atoms with van der Waals surface area (Å²) in [4.78, 5) is 12.9. The number of carbonyl (C=O) groups is 1. The normalized spacial score (nSPS) is 10.2. The van der Waals surface area contributed by atoms with Gasteiger partial charge in [0.05, 0.1) is 19.8 Å². The largest absolute Gasteiger partial charge is 0.497 e. The van der Waals surface area contributed by atoms with Crippen molar-refractivity contribution >= 4 is 23.4 Å². The minimum atomic E-state index is -0.408. The maximum Gasteiger partial charge on any atom is 0.340 e. The molecule has 0 saturated carbocycles. The first kappa shape index (κ1) is 15.3. The standard InChI is InChI=1S/C16H17NO3S/c1-19-12-6-4-7-13(9-12)21-10-11-5-3-8-14(17)15(11)16(18)20-2/h3-9H,10,17H2,1-2H3. The number of nitrogen functional groups attached to an aromatic ring is 1. The third-order valence-corrected chi connectivity index (χ3v) is 4.05. The van der Waals surface area contributed by atoms with Crippen LogP contribution in [-0.2, 0) is 10.5 Å². The number of methoxy groups -OCH3 is 2. The van der Waals surface area contributed by atoms with Crippen molar-refractivity contribution in [3.05, 3.63) is 53.6 Å². The third kappa shape index (κ3) is 3.70. The first-order valence-corrected chi connectivity index (χ1v) is 7.36. The molecule has 0 aliphatic rings. The molecule has 0 radical (unpaired) electrons. The van der Waals surface area contributed by atoms with E-state index < -0.39 is 5.97 Å².